The fraction of sp³-hybridized carbons (Fsp3) is 0.125. The molecule has 2 aromatic carbocycles. The molecule has 2 aromatic rings. The minimum atomic E-state index is -0.699. The maximum atomic E-state index is 10.5. The third-order valence-electron chi connectivity index (χ3n) is 2.63. The van der Waals surface area contributed by atoms with Crippen molar-refractivity contribution in [1.82, 2.24) is 5.43 Å². The first-order valence-electron chi connectivity index (χ1n) is 6.73. The number of hydrogen-bond acceptors (Lipinski definition) is 4. The Hall–Kier alpha value is -3.02. The summed E-state index contributed by atoms with van der Waals surface area (Å²) in [5.41, 5.74) is 7.84. The summed E-state index contributed by atoms with van der Waals surface area (Å²) < 4.78 is 11.1. The van der Waals surface area contributed by atoms with Crippen LogP contribution in [0.3, 0.4) is 0 Å². The van der Waals surface area contributed by atoms with Gasteiger partial charge in [-0.3, -0.25) is 0 Å². The van der Waals surface area contributed by atoms with Gasteiger partial charge >= 0.3 is 6.03 Å². The number of rotatable bonds is 7. The van der Waals surface area contributed by atoms with Crippen LogP contribution >= 0.6 is 0 Å². The average Bonchev–Trinajstić information content (AvgIpc) is 2.54. The minimum absolute atomic E-state index is 0.450. The molecule has 0 heterocycles. The number of urea groups is 1. The van der Waals surface area contributed by atoms with Crippen molar-refractivity contribution in [1.29, 1.82) is 0 Å². The lowest BCUT2D eigenvalue weighted by atomic mass is 10.2. The topological polar surface area (TPSA) is 85.9 Å². The van der Waals surface area contributed by atoms with Gasteiger partial charge in [-0.2, -0.15) is 5.10 Å². The predicted octanol–water partition coefficient (Wildman–Crippen LogP) is 2.15. The Labute approximate surface area is 128 Å². The van der Waals surface area contributed by atoms with Gasteiger partial charge in [-0.05, 0) is 42.0 Å². The van der Waals surface area contributed by atoms with Crippen LogP contribution in [-0.4, -0.2) is 25.5 Å². The van der Waals surface area contributed by atoms with Crippen molar-refractivity contribution in [2.24, 2.45) is 10.8 Å². The molecule has 0 aliphatic carbocycles. The summed E-state index contributed by atoms with van der Waals surface area (Å²) in [6.45, 7) is 0.918. The Morgan fingerprint density at radius 2 is 1.59 bits per heavy atom. The SMILES string of the molecule is NC(=O)NN=Cc1ccc(OCCOc2ccccc2)cc1. The van der Waals surface area contributed by atoms with E-state index in [0.717, 1.165) is 17.1 Å². The average molecular weight is 299 g/mol. The predicted molar refractivity (Wildman–Crippen MR) is 84.2 cm³/mol. The van der Waals surface area contributed by atoms with E-state index in [1.54, 1.807) is 0 Å². The molecule has 0 unspecified atom stereocenters. The van der Waals surface area contributed by atoms with Crippen LogP contribution in [0, 0.1) is 0 Å². The van der Waals surface area contributed by atoms with Gasteiger partial charge in [-0.25, -0.2) is 10.2 Å². The van der Waals surface area contributed by atoms with Gasteiger partial charge in [-0.1, -0.05) is 18.2 Å². The standard InChI is InChI=1S/C16H17N3O3/c17-16(20)19-18-12-13-6-8-15(9-7-13)22-11-10-21-14-4-2-1-3-5-14/h1-9,12H,10-11H2,(H3,17,19,20). The molecule has 2 rings (SSSR count). The van der Waals surface area contributed by atoms with Crippen molar-refractivity contribution in [3.8, 4) is 11.5 Å². The zero-order valence-corrected chi connectivity index (χ0v) is 11.9. The summed E-state index contributed by atoms with van der Waals surface area (Å²) >= 11 is 0. The van der Waals surface area contributed by atoms with Crippen LogP contribution in [0.15, 0.2) is 59.7 Å². The van der Waals surface area contributed by atoms with Crippen molar-refractivity contribution in [3.63, 3.8) is 0 Å². The normalized spacial score (nSPS) is 10.4. The molecule has 0 atom stereocenters. The zero-order valence-electron chi connectivity index (χ0n) is 11.9. The molecule has 6 nitrogen and oxygen atoms in total. The smallest absolute Gasteiger partial charge is 0.332 e. The molecule has 6 heteroatoms. The summed E-state index contributed by atoms with van der Waals surface area (Å²) in [4.78, 5) is 10.5. The molecule has 22 heavy (non-hydrogen) atoms. The van der Waals surface area contributed by atoms with Crippen molar-refractivity contribution >= 4 is 12.2 Å². The Balaban J connectivity index is 1.72. The first-order chi connectivity index (χ1) is 10.7. The van der Waals surface area contributed by atoms with Crippen molar-refractivity contribution in [2.45, 2.75) is 0 Å². The van der Waals surface area contributed by atoms with Crippen molar-refractivity contribution in [3.05, 3.63) is 60.2 Å². The molecule has 114 valence electrons. The molecule has 0 bridgehead atoms. The van der Waals surface area contributed by atoms with Gasteiger partial charge < -0.3 is 15.2 Å². The first-order valence-corrected chi connectivity index (χ1v) is 6.73. The highest BCUT2D eigenvalue weighted by molar-refractivity contribution is 5.81. The van der Waals surface area contributed by atoms with Crippen LogP contribution in [0.4, 0.5) is 4.79 Å². The molecule has 0 saturated carbocycles. The Kier molecular flexibility index (Phi) is 5.80. The third kappa shape index (κ3) is 5.54. The van der Waals surface area contributed by atoms with Crippen LogP contribution in [0.2, 0.25) is 0 Å². The number of nitrogens with one attached hydrogen (secondary N) is 1. The molecule has 0 radical (unpaired) electrons. The van der Waals surface area contributed by atoms with Crippen LogP contribution in [0.1, 0.15) is 5.56 Å². The van der Waals surface area contributed by atoms with Gasteiger partial charge in [0.2, 0.25) is 0 Å². The van der Waals surface area contributed by atoms with Gasteiger partial charge in [-0.15, -0.1) is 0 Å². The monoisotopic (exact) mass is 299 g/mol. The zero-order chi connectivity index (χ0) is 15.6. The van der Waals surface area contributed by atoms with E-state index in [9.17, 15) is 4.79 Å². The summed E-state index contributed by atoms with van der Waals surface area (Å²) in [7, 11) is 0. The fourth-order valence-electron chi connectivity index (χ4n) is 1.66. The van der Waals surface area contributed by atoms with E-state index in [0.29, 0.717) is 13.2 Å². The van der Waals surface area contributed by atoms with E-state index in [1.807, 2.05) is 54.6 Å². The second-order valence-electron chi connectivity index (χ2n) is 4.31. The van der Waals surface area contributed by atoms with Crippen molar-refractivity contribution in [2.75, 3.05) is 13.2 Å². The fourth-order valence-corrected chi connectivity index (χ4v) is 1.66. The van der Waals surface area contributed by atoms with E-state index < -0.39 is 6.03 Å². The highest BCUT2D eigenvalue weighted by Crippen LogP contribution is 2.12. The Morgan fingerprint density at radius 1 is 1.00 bits per heavy atom. The molecule has 0 aliphatic rings. The van der Waals surface area contributed by atoms with Crippen LogP contribution in [0.25, 0.3) is 0 Å². The molecule has 0 fully saturated rings. The van der Waals surface area contributed by atoms with E-state index in [-0.39, 0.29) is 0 Å². The van der Waals surface area contributed by atoms with Crippen LogP contribution in [0.5, 0.6) is 11.5 Å². The highest BCUT2D eigenvalue weighted by atomic mass is 16.5. The number of hydrazone groups is 1. The lowest BCUT2D eigenvalue weighted by Gasteiger charge is -2.08. The summed E-state index contributed by atoms with van der Waals surface area (Å²) in [5.74, 6) is 1.55. The highest BCUT2D eigenvalue weighted by Gasteiger charge is 1.96. The molecule has 3 N–H and O–H groups in total. The number of carbonyl (C=O) groups excluding carboxylic acids is 1. The van der Waals surface area contributed by atoms with Gasteiger partial charge in [0, 0.05) is 0 Å². The van der Waals surface area contributed by atoms with E-state index in [1.165, 1.54) is 6.21 Å². The Bertz CT molecular complexity index is 612. The van der Waals surface area contributed by atoms with E-state index in [4.69, 9.17) is 15.2 Å². The first kappa shape index (κ1) is 15.4. The molecule has 0 aromatic heterocycles. The summed E-state index contributed by atoms with van der Waals surface area (Å²) in [6.07, 6.45) is 1.49. The number of amides is 2. The van der Waals surface area contributed by atoms with Gasteiger partial charge in [0.1, 0.15) is 24.7 Å². The molecular formula is C16H17N3O3. The number of nitrogens with two attached hydrogens (primary N) is 1. The number of para-hydroxylation sites is 1. The largest absolute Gasteiger partial charge is 0.490 e. The van der Waals surface area contributed by atoms with Gasteiger partial charge in [0.25, 0.3) is 0 Å². The number of hydrogen-bond donors (Lipinski definition) is 2. The van der Waals surface area contributed by atoms with Crippen LogP contribution in [-0.2, 0) is 0 Å². The lowest BCUT2D eigenvalue weighted by molar-refractivity contribution is 0.217. The maximum Gasteiger partial charge on any atom is 0.332 e. The summed E-state index contributed by atoms with van der Waals surface area (Å²) in [5, 5.41) is 3.67. The third-order valence-corrected chi connectivity index (χ3v) is 2.63. The maximum absolute atomic E-state index is 10.5. The van der Waals surface area contributed by atoms with Gasteiger partial charge in [0.15, 0.2) is 0 Å². The number of benzene rings is 2. The summed E-state index contributed by atoms with van der Waals surface area (Å²) in [6, 6.07) is 16.1. The Morgan fingerprint density at radius 3 is 2.18 bits per heavy atom. The molecular weight excluding hydrogens is 282 g/mol. The van der Waals surface area contributed by atoms with Crippen LogP contribution < -0.4 is 20.6 Å². The van der Waals surface area contributed by atoms with Gasteiger partial charge in [0.05, 0.1) is 6.21 Å². The number of primary amides is 1. The molecule has 0 aliphatic heterocycles. The van der Waals surface area contributed by atoms with E-state index >= 15 is 0 Å². The van der Waals surface area contributed by atoms with E-state index in [2.05, 4.69) is 10.5 Å². The lowest BCUT2D eigenvalue weighted by Crippen LogP contribution is -2.24. The quantitative estimate of drug-likeness (QED) is 0.466. The second-order valence-corrected chi connectivity index (χ2v) is 4.31. The number of carbonyl (C=O) groups is 1. The molecule has 2 amide bonds. The number of ether oxygens (including phenoxy) is 2. The number of nitrogens with zero attached hydrogens (tertiary/aromatic N) is 1. The molecule has 0 saturated heterocycles. The van der Waals surface area contributed by atoms with Crippen molar-refractivity contribution < 1.29 is 14.3 Å². The molecule has 0 spiro atoms. The minimum Gasteiger partial charge on any atom is -0.490 e. The second kappa shape index (κ2) is 8.31.